The van der Waals surface area contributed by atoms with E-state index >= 15 is 0 Å². The van der Waals surface area contributed by atoms with Crippen LogP contribution in [-0.2, 0) is 11.3 Å². The first kappa shape index (κ1) is 18.9. The van der Waals surface area contributed by atoms with Crippen LogP contribution >= 0.6 is 0 Å². The van der Waals surface area contributed by atoms with Crippen molar-refractivity contribution in [3.63, 3.8) is 0 Å². The zero-order valence-corrected chi connectivity index (χ0v) is 15.4. The molecule has 1 aromatic rings. The van der Waals surface area contributed by atoms with Crippen molar-refractivity contribution in [1.29, 1.82) is 0 Å². The van der Waals surface area contributed by atoms with E-state index in [1.807, 2.05) is 13.8 Å². The maximum absolute atomic E-state index is 12.8. The van der Waals surface area contributed by atoms with Crippen LogP contribution in [0.4, 0.5) is 0 Å². The average molecular weight is 332 g/mol. The largest absolute Gasteiger partial charge is 0.337 e. The summed E-state index contributed by atoms with van der Waals surface area (Å²) in [6.45, 7) is 9.95. The van der Waals surface area contributed by atoms with Crippen molar-refractivity contribution in [3.8, 4) is 0 Å². The van der Waals surface area contributed by atoms with Crippen molar-refractivity contribution >= 4 is 5.91 Å². The number of likely N-dealkylation sites (N-methyl/N-ethyl adjacent to an activating group) is 1. The van der Waals surface area contributed by atoms with Gasteiger partial charge in [-0.1, -0.05) is 51.1 Å². The van der Waals surface area contributed by atoms with Crippen LogP contribution in [0.15, 0.2) is 30.3 Å². The quantitative estimate of drug-likeness (QED) is 0.836. The topological polar surface area (TPSA) is 49.6 Å². The van der Waals surface area contributed by atoms with Gasteiger partial charge in [-0.05, 0) is 37.3 Å². The Morgan fingerprint density at radius 1 is 1.29 bits per heavy atom. The molecule has 0 unspecified atom stereocenters. The molecule has 1 aromatic carbocycles. The highest BCUT2D eigenvalue weighted by atomic mass is 16.2. The van der Waals surface area contributed by atoms with E-state index in [0.29, 0.717) is 6.04 Å². The second kappa shape index (κ2) is 9.19. The number of nitrogens with zero attached hydrogens (tertiary/aromatic N) is 2. The molecule has 0 spiro atoms. The van der Waals surface area contributed by atoms with Gasteiger partial charge >= 0.3 is 0 Å². The van der Waals surface area contributed by atoms with Crippen LogP contribution in [0.1, 0.15) is 45.6 Å². The maximum atomic E-state index is 12.8. The normalized spacial score (nSPS) is 19.8. The molecular formula is C20H33N3O. The van der Waals surface area contributed by atoms with Crippen LogP contribution in [0.3, 0.4) is 0 Å². The Morgan fingerprint density at radius 3 is 2.62 bits per heavy atom. The molecule has 1 aliphatic rings. The van der Waals surface area contributed by atoms with Crippen LogP contribution in [0.5, 0.6) is 0 Å². The lowest BCUT2D eigenvalue weighted by molar-refractivity contribution is -0.137. The smallest absolute Gasteiger partial charge is 0.240 e. The number of hydrogen-bond donors (Lipinski definition) is 1. The third-order valence-electron chi connectivity index (χ3n) is 5.08. The fourth-order valence-electron chi connectivity index (χ4n) is 3.40. The van der Waals surface area contributed by atoms with E-state index in [1.54, 1.807) is 0 Å². The van der Waals surface area contributed by atoms with Crippen LogP contribution in [0.25, 0.3) is 0 Å². The van der Waals surface area contributed by atoms with Gasteiger partial charge in [0, 0.05) is 25.7 Å². The monoisotopic (exact) mass is 331 g/mol. The Hall–Kier alpha value is -1.39. The molecule has 2 rings (SSSR count). The van der Waals surface area contributed by atoms with Gasteiger partial charge in [0.15, 0.2) is 0 Å². The van der Waals surface area contributed by atoms with E-state index in [0.717, 1.165) is 39.0 Å². The van der Waals surface area contributed by atoms with Crippen molar-refractivity contribution in [1.82, 2.24) is 9.80 Å². The third-order valence-corrected chi connectivity index (χ3v) is 5.08. The number of carbonyl (C=O) groups is 1. The van der Waals surface area contributed by atoms with E-state index in [9.17, 15) is 4.79 Å². The Kier molecular flexibility index (Phi) is 7.25. The van der Waals surface area contributed by atoms with Crippen LogP contribution in [0.2, 0.25) is 0 Å². The highest BCUT2D eigenvalue weighted by molar-refractivity contribution is 5.82. The molecule has 0 radical (unpaired) electrons. The molecule has 1 fully saturated rings. The van der Waals surface area contributed by atoms with Gasteiger partial charge in [0.05, 0.1) is 6.04 Å². The number of benzene rings is 1. The third kappa shape index (κ3) is 5.05. The van der Waals surface area contributed by atoms with Crippen LogP contribution in [0, 0.1) is 5.92 Å². The molecule has 24 heavy (non-hydrogen) atoms. The number of hydrogen-bond acceptors (Lipinski definition) is 3. The van der Waals surface area contributed by atoms with E-state index in [2.05, 4.69) is 47.1 Å². The summed E-state index contributed by atoms with van der Waals surface area (Å²) in [6, 6.07) is 10.5. The van der Waals surface area contributed by atoms with Gasteiger partial charge in [-0.25, -0.2) is 0 Å². The second-order valence-corrected chi connectivity index (χ2v) is 7.26. The summed E-state index contributed by atoms with van der Waals surface area (Å²) in [6.07, 6.45) is 3.38. The highest BCUT2D eigenvalue weighted by Crippen LogP contribution is 2.21. The summed E-state index contributed by atoms with van der Waals surface area (Å²) >= 11 is 0. The van der Waals surface area contributed by atoms with Crippen LogP contribution in [-0.4, -0.2) is 47.4 Å². The Bertz CT molecular complexity index is 503. The first-order valence-electron chi connectivity index (χ1n) is 9.35. The number of carbonyl (C=O) groups excluding carboxylic acids is 1. The summed E-state index contributed by atoms with van der Waals surface area (Å²) in [5.41, 5.74) is 7.46. The maximum Gasteiger partial charge on any atom is 0.240 e. The first-order valence-corrected chi connectivity index (χ1v) is 9.35. The van der Waals surface area contributed by atoms with Crippen LogP contribution < -0.4 is 5.73 Å². The highest BCUT2D eigenvalue weighted by Gasteiger charge is 2.31. The van der Waals surface area contributed by atoms with Gasteiger partial charge in [-0.3, -0.25) is 9.69 Å². The van der Waals surface area contributed by atoms with Gasteiger partial charge in [0.1, 0.15) is 0 Å². The molecule has 4 heteroatoms. The Labute approximate surface area is 147 Å². The van der Waals surface area contributed by atoms with E-state index in [4.69, 9.17) is 5.73 Å². The van der Waals surface area contributed by atoms with Gasteiger partial charge in [0.25, 0.3) is 0 Å². The SMILES string of the molecule is CCN(Cc1ccccc1)C[C@@H]1CCCCN1C(=O)[C@@H](N)C(C)C. The molecule has 2 atom stereocenters. The lowest BCUT2D eigenvalue weighted by Gasteiger charge is -2.40. The fourth-order valence-corrected chi connectivity index (χ4v) is 3.40. The number of nitrogens with two attached hydrogens (primary N) is 1. The zero-order chi connectivity index (χ0) is 17.5. The van der Waals surface area contributed by atoms with Crippen molar-refractivity contribution in [2.75, 3.05) is 19.6 Å². The summed E-state index contributed by atoms with van der Waals surface area (Å²) in [5, 5.41) is 0. The lowest BCUT2D eigenvalue weighted by Crippen LogP contribution is -2.55. The van der Waals surface area contributed by atoms with E-state index < -0.39 is 0 Å². The number of amides is 1. The van der Waals surface area contributed by atoms with E-state index in [1.165, 1.54) is 12.0 Å². The summed E-state index contributed by atoms with van der Waals surface area (Å²) < 4.78 is 0. The lowest BCUT2D eigenvalue weighted by atomic mass is 9.97. The number of rotatable bonds is 7. The number of likely N-dealkylation sites (tertiary alicyclic amines) is 1. The minimum Gasteiger partial charge on any atom is -0.337 e. The minimum atomic E-state index is -0.380. The van der Waals surface area contributed by atoms with Gasteiger partial charge in [-0.15, -0.1) is 0 Å². The molecule has 1 amide bonds. The summed E-state index contributed by atoms with van der Waals surface area (Å²) in [5.74, 6) is 0.317. The van der Waals surface area contributed by atoms with Gasteiger partial charge in [-0.2, -0.15) is 0 Å². The predicted molar refractivity (Wildman–Crippen MR) is 99.6 cm³/mol. The van der Waals surface area contributed by atoms with Crippen molar-refractivity contribution in [3.05, 3.63) is 35.9 Å². The molecule has 4 nitrogen and oxygen atoms in total. The Morgan fingerprint density at radius 2 is 2.00 bits per heavy atom. The standard InChI is InChI=1S/C20H33N3O/c1-4-22(14-17-10-6-5-7-11-17)15-18-12-8-9-13-23(18)20(24)19(21)16(2)3/h5-7,10-11,16,18-19H,4,8-9,12-15,21H2,1-3H3/t18-,19-/m0/s1. The Balaban J connectivity index is 2.02. The molecule has 0 aliphatic carbocycles. The fraction of sp³-hybridized carbons (Fsp3) is 0.650. The number of piperidine rings is 1. The van der Waals surface area contributed by atoms with Gasteiger partial charge in [0.2, 0.25) is 5.91 Å². The molecule has 1 heterocycles. The molecular weight excluding hydrogens is 298 g/mol. The summed E-state index contributed by atoms with van der Waals surface area (Å²) in [7, 11) is 0. The molecule has 2 N–H and O–H groups in total. The molecule has 0 bridgehead atoms. The molecule has 1 saturated heterocycles. The van der Waals surface area contributed by atoms with Gasteiger partial charge < -0.3 is 10.6 Å². The average Bonchev–Trinajstić information content (AvgIpc) is 2.61. The van der Waals surface area contributed by atoms with Crippen molar-refractivity contribution in [2.45, 2.75) is 58.7 Å². The molecule has 0 aromatic heterocycles. The minimum absolute atomic E-state index is 0.130. The van der Waals surface area contributed by atoms with Crippen molar-refractivity contribution < 1.29 is 4.79 Å². The molecule has 0 saturated carbocycles. The van der Waals surface area contributed by atoms with Crippen molar-refractivity contribution in [2.24, 2.45) is 11.7 Å². The first-order chi connectivity index (χ1) is 11.5. The summed E-state index contributed by atoms with van der Waals surface area (Å²) in [4.78, 5) is 17.3. The zero-order valence-electron chi connectivity index (χ0n) is 15.4. The molecule has 134 valence electrons. The second-order valence-electron chi connectivity index (χ2n) is 7.26. The van der Waals surface area contributed by atoms with E-state index in [-0.39, 0.29) is 17.9 Å². The molecule has 1 aliphatic heterocycles. The predicted octanol–water partition coefficient (Wildman–Crippen LogP) is 2.87.